The van der Waals surface area contributed by atoms with Crippen molar-refractivity contribution in [3.05, 3.63) is 89.5 Å². The van der Waals surface area contributed by atoms with Crippen LogP contribution in [0, 0.1) is 5.82 Å². The Morgan fingerprint density at radius 1 is 1.16 bits per heavy atom. The van der Waals surface area contributed by atoms with E-state index in [1.807, 2.05) is 22.9 Å². The maximum Gasteiger partial charge on any atom is 0.246 e. The van der Waals surface area contributed by atoms with Crippen LogP contribution in [0.3, 0.4) is 0 Å². The standard InChI is InChI=1S/C23H20ClFN6O/c1-32-20-12-17(9-10-19(20)30-13-21(24)26-14-30)27-23-28-22-18(4-2-3-11-31(22)29-23)15-5-7-16(25)8-6-15/h2-3,5-10,12-14,18H,4,11H2,1H3,(H,27,29)/t18-/m1/s1. The number of imidazole rings is 1. The number of halogens is 2. The van der Waals surface area contributed by atoms with Gasteiger partial charge in [0.25, 0.3) is 0 Å². The second-order valence-corrected chi connectivity index (χ2v) is 7.79. The number of nitrogens with one attached hydrogen (secondary N) is 1. The predicted octanol–water partition coefficient (Wildman–Crippen LogP) is 5.10. The van der Waals surface area contributed by atoms with E-state index in [9.17, 15) is 4.39 Å². The number of fused-ring (bicyclic) bond motifs is 1. The number of benzene rings is 2. The van der Waals surface area contributed by atoms with Crippen LogP contribution in [0.25, 0.3) is 5.69 Å². The molecule has 0 spiro atoms. The highest BCUT2D eigenvalue weighted by molar-refractivity contribution is 6.29. The van der Waals surface area contributed by atoms with E-state index in [2.05, 4.69) is 27.6 Å². The third-order valence-corrected chi connectivity index (χ3v) is 5.56. The first kappa shape index (κ1) is 20.3. The minimum Gasteiger partial charge on any atom is -0.494 e. The third-order valence-electron chi connectivity index (χ3n) is 5.37. The van der Waals surface area contributed by atoms with Crippen molar-refractivity contribution in [1.29, 1.82) is 0 Å². The zero-order chi connectivity index (χ0) is 22.1. The molecule has 162 valence electrons. The molecule has 4 aromatic rings. The highest BCUT2D eigenvalue weighted by atomic mass is 35.5. The monoisotopic (exact) mass is 450 g/mol. The van der Waals surface area contributed by atoms with Crippen LogP contribution in [0.5, 0.6) is 5.75 Å². The fourth-order valence-corrected chi connectivity index (χ4v) is 3.97. The molecule has 0 amide bonds. The van der Waals surface area contributed by atoms with Crippen LogP contribution in [0.4, 0.5) is 16.0 Å². The van der Waals surface area contributed by atoms with E-state index >= 15 is 0 Å². The van der Waals surface area contributed by atoms with Crippen LogP contribution in [-0.4, -0.2) is 31.4 Å². The van der Waals surface area contributed by atoms with E-state index in [4.69, 9.17) is 21.3 Å². The largest absolute Gasteiger partial charge is 0.494 e. The van der Waals surface area contributed by atoms with Crippen molar-refractivity contribution in [2.75, 3.05) is 12.4 Å². The lowest BCUT2D eigenvalue weighted by Gasteiger charge is -2.13. The van der Waals surface area contributed by atoms with E-state index in [1.54, 1.807) is 36.3 Å². The first-order chi connectivity index (χ1) is 15.6. The van der Waals surface area contributed by atoms with Gasteiger partial charge in [-0.3, -0.25) is 0 Å². The van der Waals surface area contributed by atoms with E-state index in [-0.39, 0.29) is 11.7 Å². The normalized spacial score (nSPS) is 15.3. The Balaban J connectivity index is 1.44. The molecule has 1 atom stereocenters. The van der Waals surface area contributed by atoms with Crippen molar-refractivity contribution in [2.24, 2.45) is 0 Å². The molecular weight excluding hydrogens is 431 g/mol. The summed E-state index contributed by atoms with van der Waals surface area (Å²) in [6.45, 7) is 0.630. The number of hydrogen-bond acceptors (Lipinski definition) is 5. The zero-order valence-electron chi connectivity index (χ0n) is 17.2. The van der Waals surface area contributed by atoms with Crippen LogP contribution in [0.15, 0.2) is 67.1 Å². The molecule has 2 aromatic carbocycles. The summed E-state index contributed by atoms with van der Waals surface area (Å²) in [7, 11) is 1.61. The van der Waals surface area contributed by atoms with Gasteiger partial charge >= 0.3 is 0 Å². The smallest absolute Gasteiger partial charge is 0.246 e. The number of ether oxygens (including phenoxy) is 1. The fraction of sp³-hybridized carbons (Fsp3) is 0.174. The Labute approximate surface area is 189 Å². The molecule has 1 N–H and O–H groups in total. The number of allylic oxidation sites excluding steroid dienone is 2. The number of anilines is 2. The van der Waals surface area contributed by atoms with Gasteiger partial charge in [-0.15, -0.1) is 5.10 Å². The van der Waals surface area contributed by atoms with Crippen LogP contribution in [0.2, 0.25) is 5.15 Å². The molecule has 0 saturated carbocycles. The Bertz CT molecular complexity index is 1280. The van der Waals surface area contributed by atoms with Gasteiger partial charge in [0.1, 0.15) is 28.9 Å². The highest BCUT2D eigenvalue weighted by Crippen LogP contribution is 2.32. The summed E-state index contributed by atoms with van der Waals surface area (Å²) in [6, 6.07) is 12.2. The molecule has 1 aliphatic heterocycles. The molecule has 0 bridgehead atoms. The molecule has 1 aliphatic rings. The lowest BCUT2D eigenvalue weighted by atomic mass is 9.95. The molecular formula is C23H20ClFN6O. The average Bonchev–Trinajstić information content (AvgIpc) is 3.35. The summed E-state index contributed by atoms with van der Waals surface area (Å²) < 4.78 is 22.6. The summed E-state index contributed by atoms with van der Waals surface area (Å²) in [4.78, 5) is 8.81. The maximum absolute atomic E-state index is 13.4. The molecule has 0 radical (unpaired) electrons. The van der Waals surface area contributed by atoms with Crippen molar-refractivity contribution in [2.45, 2.75) is 18.9 Å². The van der Waals surface area contributed by atoms with Gasteiger partial charge in [0.2, 0.25) is 5.95 Å². The Kier molecular flexibility index (Phi) is 5.36. The summed E-state index contributed by atoms with van der Waals surface area (Å²) >= 11 is 5.94. The predicted molar refractivity (Wildman–Crippen MR) is 120 cm³/mol. The lowest BCUT2D eigenvalue weighted by Crippen LogP contribution is -2.08. The minimum atomic E-state index is -0.253. The molecule has 32 heavy (non-hydrogen) atoms. The number of aromatic nitrogens is 5. The zero-order valence-corrected chi connectivity index (χ0v) is 18.0. The molecule has 5 rings (SSSR count). The molecule has 0 aliphatic carbocycles. The van der Waals surface area contributed by atoms with Gasteiger partial charge < -0.3 is 14.6 Å². The quantitative estimate of drug-likeness (QED) is 0.428. The van der Waals surface area contributed by atoms with Gasteiger partial charge in [0.05, 0.1) is 19.3 Å². The topological polar surface area (TPSA) is 69.8 Å². The van der Waals surface area contributed by atoms with E-state index < -0.39 is 0 Å². The van der Waals surface area contributed by atoms with Gasteiger partial charge in [-0.2, -0.15) is 4.98 Å². The molecule has 0 unspecified atom stereocenters. The third kappa shape index (κ3) is 3.97. The van der Waals surface area contributed by atoms with Crippen molar-refractivity contribution in [3.8, 4) is 11.4 Å². The first-order valence-corrected chi connectivity index (χ1v) is 10.5. The Morgan fingerprint density at radius 3 is 2.75 bits per heavy atom. The Hall–Kier alpha value is -3.65. The van der Waals surface area contributed by atoms with Crippen molar-refractivity contribution < 1.29 is 9.13 Å². The summed E-state index contributed by atoms with van der Waals surface area (Å²) in [5.41, 5.74) is 2.60. The summed E-state index contributed by atoms with van der Waals surface area (Å²) in [6.07, 6.45) is 8.30. The Morgan fingerprint density at radius 2 is 2.00 bits per heavy atom. The molecule has 9 heteroatoms. The van der Waals surface area contributed by atoms with Gasteiger partial charge in [-0.05, 0) is 36.2 Å². The van der Waals surface area contributed by atoms with Crippen molar-refractivity contribution in [3.63, 3.8) is 0 Å². The maximum atomic E-state index is 13.4. The van der Waals surface area contributed by atoms with Crippen molar-refractivity contribution >= 4 is 23.2 Å². The molecule has 3 heterocycles. The molecule has 0 fully saturated rings. The first-order valence-electron chi connectivity index (χ1n) is 10.1. The van der Waals surface area contributed by atoms with Crippen LogP contribution in [0.1, 0.15) is 23.7 Å². The number of nitrogens with zero attached hydrogens (tertiary/aromatic N) is 5. The van der Waals surface area contributed by atoms with Gasteiger partial charge in [-0.25, -0.2) is 14.1 Å². The van der Waals surface area contributed by atoms with E-state index in [0.717, 1.165) is 29.2 Å². The summed E-state index contributed by atoms with van der Waals surface area (Å²) in [5.74, 6) is 1.72. The lowest BCUT2D eigenvalue weighted by molar-refractivity contribution is 0.413. The average molecular weight is 451 g/mol. The van der Waals surface area contributed by atoms with E-state index in [0.29, 0.717) is 23.4 Å². The molecule has 2 aromatic heterocycles. The fourth-order valence-electron chi connectivity index (χ4n) is 3.82. The van der Waals surface area contributed by atoms with Crippen LogP contribution in [-0.2, 0) is 6.54 Å². The second-order valence-electron chi connectivity index (χ2n) is 7.40. The van der Waals surface area contributed by atoms with Crippen LogP contribution < -0.4 is 10.1 Å². The number of hydrogen-bond donors (Lipinski definition) is 1. The minimum absolute atomic E-state index is 0.000279. The van der Waals surface area contributed by atoms with E-state index in [1.165, 1.54) is 12.1 Å². The molecule has 0 saturated heterocycles. The summed E-state index contributed by atoms with van der Waals surface area (Å²) in [5, 5.41) is 8.30. The van der Waals surface area contributed by atoms with Crippen LogP contribution >= 0.6 is 11.6 Å². The van der Waals surface area contributed by atoms with Gasteiger partial charge in [-0.1, -0.05) is 35.9 Å². The second kappa shape index (κ2) is 8.47. The SMILES string of the molecule is COc1cc(Nc2nc3n(n2)CC=CC[C@@H]3c2ccc(F)cc2)ccc1-n1cnc(Cl)c1. The van der Waals surface area contributed by atoms with Gasteiger partial charge in [0, 0.05) is 23.9 Å². The van der Waals surface area contributed by atoms with Crippen molar-refractivity contribution in [1.82, 2.24) is 24.3 Å². The highest BCUT2D eigenvalue weighted by Gasteiger charge is 2.23. The van der Waals surface area contributed by atoms with Gasteiger partial charge in [0.15, 0.2) is 0 Å². The number of rotatable bonds is 5. The number of methoxy groups -OCH3 is 1. The molecule has 7 nitrogen and oxygen atoms in total.